The Morgan fingerprint density at radius 1 is 1.17 bits per heavy atom. The van der Waals surface area contributed by atoms with Crippen molar-refractivity contribution in [3.8, 4) is 5.75 Å². The zero-order valence-electron chi connectivity index (χ0n) is 19.1. The van der Waals surface area contributed by atoms with Gasteiger partial charge in [-0.15, -0.1) is 0 Å². The molecule has 0 spiro atoms. The van der Waals surface area contributed by atoms with E-state index in [2.05, 4.69) is 5.32 Å². The molecule has 0 atom stereocenters. The molecule has 35 heavy (non-hydrogen) atoms. The topological polar surface area (TPSA) is 95.9 Å². The molecule has 1 aliphatic heterocycles. The first-order chi connectivity index (χ1) is 16.7. The van der Waals surface area contributed by atoms with E-state index in [1.807, 2.05) is 31.2 Å². The lowest BCUT2D eigenvalue weighted by Gasteiger charge is -2.14. The van der Waals surface area contributed by atoms with Gasteiger partial charge in [0.25, 0.3) is 11.8 Å². The zero-order chi connectivity index (χ0) is 25.4. The van der Waals surface area contributed by atoms with Crippen molar-refractivity contribution in [1.82, 2.24) is 4.90 Å². The number of thiocarbonyl (C=S) groups is 1. The molecule has 0 radical (unpaired) electrons. The van der Waals surface area contributed by atoms with Gasteiger partial charge in [-0.05, 0) is 56.2 Å². The highest BCUT2D eigenvalue weighted by atomic mass is 35.5. The number of carbonyl (C=O) groups is 3. The molecule has 1 saturated heterocycles. The van der Waals surface area contributed by atoms with Crippen LogP contribution in [0.25, 0.3) is 6.08 Å². The predicted molar refractivity (Wildman–Crippen MR) is 143 cm³/mol. The fourth-order valence-electron chi connectivity index (χ4n) is 3.30. The van der Waals surface area contributed by atoms with Crippen LogP contribution in [0.4, 0.5) is 5.69 Å². The van der Waals surface area contributed by atoms with Crippen LogP contribution in [0.15, 0.2) is 47.4 Å². The summed E-state index contributed by atoms with van der Waals surface area (Å²) in [6.07, 6.45) is 3.68. The molecule has 2 aromatic carbocycles. The number of unbranched alkanes of at least 4 members (excludes halogenated alkanes) is 2. The van der Waals surface area contributed by atoms with Crippen molar-refractivity contribution in [3.63, 3.8) is 0 Å². The summed E-state index contributed by atoms with van der Waals surface area (Å²) in [4.78, 5) is 37.8. The number of thioether (sulfide) groups is 1. The van der Waals surface area contributed by atoms with Crippen LogP contribution in [0.2, 0.25) is 5.02 Å². The molecule has 10 heteroatoms. The molecule has 7 nitrogen and oxygen atoms in total. The first-order valence-corrected chi connectivity index (χ1v) is 12.6. The van der Waals surface area contributed by atoms with Gasteiger partial charge < -0.3 is 15.2 Å². The van der Waals surface area contributed by atoms with Gasteiger partial charge >= 0.3 is 5.97 Å². The Morgan fingerprint density at radius 2 is 1.91 bits per heavy atom. The highest BCUT2D eigenvalue weighted by Gasteiger charge is 2.31. The lowest BCUT2D eigenvalue weighted by Crippen LogP contribution is -2.29. The molecule has 184 valence electrons. The minimum absolute atomic E-state index is 0.110. The quantitative estimate of drug-likeness (QED) is 0.224. The number of benzene rings is 2. The van der Waals surface area contributed by atoms with Crippen molar-refractivity contribution >= 4 is 69.4 Å². The Morgan fingerprint density at radius 3 is 2.63 bits per heavy atom. The molecule has 1 aliphatic rings. The normalized spacial score (nSPS) is 14.5. The van der Waals surface area contributed by atoms with Gasteiger partial charge in [0.05, 0.1) is 4.91 Å². The van der Waals surface area contributed by atoms with Crippen LogP contribution < -0.4 is 10.1 Å². The maximum atomic E-state index is 12.9. The Labute approximate surface area is 218 Å². The molecule has 0 saturated carbocycles. The molecular formula is C25H25ClN2O5S2. The van der Waals surface area contributed by atoms with Crippen molar-refractivity contribution in [1.29, 1.82) is 0 Å². The van der Waals surface area contributed by atoms with Crippen molar-refractivity contribution in [3.05, 3.63) is 63.5 Å². The van der Waals surface area contributed by atoms with Crippen LogP contribution in [-0.2, 0) is 14.4 Å². The van der Waals surface area contributed by atoms with E-state index in [-0.39, 0.29) is 24.8 Å². The van der Waals surface area contributed by atoms with Gasteiger partial charge in [-0.2, -0.15) is 0 Å². The summed E-state index contributed by atoms with van der Waals surface area (Å²) in [5.74, 6) is -0.955. The number of nitrogens with one attached hydrogen (secondary N) is 1. The van der Waals surface area contributed by atoms with E-state index in [0.29, 0.717) is 57.1 Å². The summed E-state index contributed by atoms with van der Waals surface area (Å²) < 4.78 is 6.18. The van der Waals surface area contributed by atoms with E-state index in [1.54, 1.807) is 24.3 Å². The number of aryl methyl sites for hydroxylation is 1. The number of aliphatic carboxylic acids is 1. The number of carboxylic acid groups (broad SMARTS) is 1. The molecule has 0 aromatic heterocycles. The smallest absolute Gasteiger partial charge is 0.303 e. The maximum absolute atomic E-state index is 12.9. The van der Waals surface area contributed by atoms with Crippen LogP contribution in [0.5, 0.6) is 5.75 Å². The standard InChI is InChI=1S/C25H25ClN2O5S2/c1-16-6-9-19(10-7-16)27-22(29)15-33-20-11-8-18(26)13-17(20)14-21-24(32)28(25(34)35-21)12-4-2-3-5-23(30)31/h6-11,13-14H,2-5,12,15H2,1H3,(H,27,29)(H,30,31)/b21-14-. The van der Waals surface area contributed by atoms with E-state index < -0.39 is 5.97 Å². The van der Waals surface area contributed by atoms with Gasteiger partial charge in [-0.3, -0.25) is 19.3 Å². The summed E-state index contributed by atoms with van der Waals surface area (Å²) in [5, 5.41) is 12.0. The lowest BCUT2D eigenvalue weighted by molar-refractivity contribution is -0.137. The highest BCUT2D eigenvalue weighted by molar-refractivity contribution is 8.26. The second-order valence-electron chi connectivity index (χ2n) is 7.92. The fourth-order valence-corrected chi connectivity index (χ4v) is 4.78. The van der Waals surface area contributed by atoms with Gasteiger partial charge in [0.15, 0.2) is 6.61 Å². The molecule has 1 heterocycles. The van der Waals surface area contributed by atoms with Gasteiger partial charge in [0.2, 0.25) is 0 Å². The third kappa shape index (κ3) is 8.09. The molecule has 2 amide bonds. The van der Waals surface area contributed by atoms with E-state index in [4.69, 9.17) is 33.7 Å². The number of carbonyl (C=O) groups excluding carboxylic acids is 2. The number of halogens is 1. The van der Waals surface area contributed by atoms with Gasteiger partial charge in [-0.25, -0.2) is 0 Å². The van der Waals surface area contributed by atoms with Crippen molar-refractivity contribution in [2.45, 2.75) is 32.6 Å². The molecule has 2 N–H and O–H groups in total. The second-order valence-corrected chi connectivity index (χ2v) is 10.0. The summed E-state index contributed by atoms with van der Waals surface area (Å²) in [7, 11) is 0. The monoisotopic (exact) mass is 532 g/mol. The van der Waals surface area contributed by atoms with Gasteiger partial charge in [0, 0.05) is 29.2 Å². The number of amides is 2. The predicted octanol–water partition coefficient (Wildman–Crippen LogP) is 5.51. The number of carboxylic acids is 1. The van der Waals surface area contributed by atoms with Crippen LogP contribution in [-0.4, -0.2) is 45.3 Å². The average Bonchev–Trinajstić information content (AvgIpc) is 3.07. The largest absolute Gasteiger partial charge is 0.483 e. The maximum Gasteiger partial charge on any atom is 0.303 e. The number of rotatable bonds is 11. The van der Waals surface area contributed by atoms with Crippen LogP contribution in [0.3, 0.4) is 0 Å². The number of nitrogens with zero attached hydrogens (tertiary/aromatic N) is 1. The van der Waals surface area contributed by atoms with Crippen molar-refractivity contribution in [2.24, 2.45) is 0 Å². The SMILES string of the molecule is Cc1ccc(NC(=O)COc2ccc(Cl)cc2/C=C2\SC(=S)N(CCCCCC(=O)O)C2=O)cc1. The number of ether oxygens (including phenoxy) is 1. The van der Waals surface area contributed by atoms with Crippen LogP contribution >= 0.6 is 35.6 Å². The van der Waals surface area contributed by atoms with E-state index >= 15 is 0 Å². The second kappa shape index (κ2) is 12.7. The Bertz CT molecular complexity index is 1150. The molecule has 1 fully saturated rings. The van der Waals surface area contributed by atoms with Crippen LogP contribution in [0.1, 0.15) is 36.8 Å². The molecule has 3 rings (SSSR count). The third-order valence-electron chi connectivity index (χ3n) is 5.10. The van der Waals surface area contributed by atoms with E-state index in [9.17, 15) is 14.4 Å². The molecule has 0 bridgehead atoms. The molecule has 0 aliphatic carbocycles. The van der Waals surface area contributed by atoms with Crippen molar-refractivity contribution in [2.75, 3.05) is 18.5 Å². The minimum atomic E-state index is -0.828. The lowest BCUT2D eigenvalue weighted by atomic mass is 10.1. The Hall–Kier alpha value is -2.88. The van der Waals surface area contributed by atoms with Crippen molar-refractivity contribution < 1.29 is 24.2 Å². The first-order valence-electron chi connectivity index (χ1n) is 11.0. The fraction of sp³-hybridized carbons (Fsp3) is 0.280. The van der Waals surface area contributed by atoms with Crippen LogP contribution in [0, 0.1) is 6.92 Å². The summed E-state index contributed by atoms with van der Waals surface area (Å²) in [5.41, 5.74) is 2.32. The highest BCUT2D eigenvalue weighted by Crippen LogP contribution is 2.35. The number of anilines is 1. The summed E-state index contributed by atoms with van der Waals surface area (Å²) in [6.45, 7) is 2.18. The van der Waals surface area contributed by atoms with Gasteiger partial charge in [0.1, 0.15) is 10.1 Å². The summed E-state index contributed by atoms with van der Waals surface area (Å²) >= 11 is 12.7. The Balaban J connectivity index is 1.63. The molecule has 0 unspecified atom stereocenters. The average molecular weight is 533 g/mol. The Kier molecular flexibility index (Phi) is 9.71. The van der Waals surface area contributed by atoms with E-state index in [0.717, 1.165) is 5.56 Å². The third-order valence-corrected chi connectivity index (χ3v) is 6.71. The van der Waals surface area contributed by atoms with E-state index in [1.165, 1.54) is 16.7 Å². The zero-order valence-corrected chi connectivity index (χ0v) is 21.5. The molecule has 2 aromatic rings. The number of hydrogen-bond donors (Lipinski definition) is 2. The minimum Gasteiger partial charge on any atom is -0.483 e. The first kappa shape index (κ1) is 26.7. The number of hydrogen-bond acceptors (Lipinski definition) is 6. The molecular weight excluding hydrogens is 508 g/mol. The van der Waals surface area contributed by atoms with Gasteiger partial charge in [-0.1, -0.05) is 59.7 Å². The summed E-state index contributed by atoms with van der Waals surface area (Å²) in [6, 6.07) is 12.4.